The number of benzene rings is 1. The van der Waals surface area contributed by atoms with Gasteiger partial charge in [0, 0.05) is 31.7 Å². The van der Waals surface area contributed by atoms with Gasteiger partial charge in [0.05, 0.1) is 0 Å². The van der Waals surface area contributed by atoms with Crippen LogP contribution in [0.3, 0.4) is 0 Å². The molecule has 1 saturated carbocycles. The molecule has 1 aromatic carbocycles. The molecule has 2 heteroatoms. The van der Waals surface area contributed by atoms with Gasteiger partial charge in [-0.3, -0.25) is 4.90 Å². The van der Waals surface area contributed by atoms with Crippen LogP contribution in [0.1, 0.15) is 51.1 Å². The van der Waals surface area contributed by atoms with Crippen molar-refractivity contribution in [3.05, 3.63) is 35.9 Å². The Balaban J connectivity index is 1.67. The van der Waals surface area contributed by atoms with Gasteiger partial charge in [0.15, 0.2) is 0 Å². The highest BCUT2D eigenvalue weighted by Crippen LogP contribution is 2.45. The Morgan fingerprint density at radius 3 is 2.60 bits per heavy atom. The summed E-state index contributed by atoms with van der Waals surface area (Å²) in [4.78, 5) is 2.73. The summed E-state index contributed by atoms with van der Waals surface area (Å²) in [6, 6.07) is 12.1. The SMILES string of the molecule is CCC1(CN2CC(c3ccccc3)NCC2C)CCC1. The van der Waals surface area contributed by atoms with Gasteiger partial charge in [-0.05, 0) is 37.2 Å². The van der Waals surface area contributed by atoms with Gasteiger partial charge in [0.25, 0.3) is 0 Å². The largest absolute Gasteiger partial charge is 0.307 e. The minimum absolute atomic E-state index is 0.501. The molecule has 0 amide bonds. The average molecular weight is 272 g/mol. The smallest absolute Gasteiger partial charge is 0.0449 e. The molecule has 2 atom stereocenters. The molecule has 1 saturated heterocycles. The zero-order chi connectivity index (χ0) is 14.0. The van der Waals surface area contributed by atoms with Gasteiger partial charge in [-0.25, -0.2) is 0 Å². The van der Waals surface area contributed by atoms with Crippen molar-refractivity contribution in [1.29, 1.82) is 0 Å². The fourth-order valence-electron chi connectivity index (χ4n) is 3.78. The van der Waals surface area contributed by atoms with Crippen LogP contribution >= 0.6 is 0 Å². The maximum absolute atomic E-state index is 3.71. The molecule has 2 unspecified atom stereocenters. The van der Waals surface area contributed by atoms with Gasteiger partial charge in [0.2, 0.25) is 0 Å². The molecule has 2 nitrogen and oxygen atoms in total. The van der Waals surface area contributed by atoms with Gasteiger partial charge in [0.1, 0.15) is 0 Å². The molecule has 0 aromatic heterocycles. The maximum Gasteiger partial charge on any atom is 0.0449 e. The molecule has 0 spiro atoms. The van der Waals surface area contributed by atoms with Gasteiger partial charge >= 0.3 is 0 Å². The number of hydrogen-bond donors (Lipinski definition) is 1. The second-order valence-electron chi connectivity index (χ2n) is 6.86. The third kappa shape index (κ3) is 2.77. The molecule has 2 fully saturated rings. The highest BCUT2D eigenvalue weighted by Gasteiger charge is 2.39. The van der Waals surface area contributed by atoms with E-state index in [-0.39, 0.29) is 0 Å². The highest BCUT2D eigenvalue weighted by molar-refractivity contribution is 5.20. The molecule has 1 aliphatic heterocycles. The molecule has 20 heavy (non-hydrogen) atoms. The average Bonchev–Trinajstić information content (AvgIpc) is 2.45. The molecule has 1 N–H and O–H groups in total. The number of rotatable bonds is 4. The minimum atomic E-state index is 0.501. The van der Waals surface area contributed by atoms with E-state index >= 15 is 0 Å². The number of nitrogens with one attached hydrogen (secondary N) is 1. The lowest BCUT2D eigenvalue weighted by Crippen LogP contribution is -2.55. The molecule has 0 bridgehead atoms. The number of nitrogens with zero attached hydrogens (tertiary/aromatic N) is 1. The Kier molecular flexibility index (Phi) is 4.13. The zero-order valence-electron chi connectivity index (χ0n) is 12.9. The molecular weight excluding hydrogens is 244 g/mol. The van der Waals surface area contributed by atoms with Crippen LogP contribution in [0.4, 0.5) is 0 Å². The fourth-order valence-corrected chi connectivity index (χ4v) is 3.78. The Bertz CT molecular complexity index is 419. The van der Waals surface area contributed by atoms with Crippen LogP contribution in [0.2, 0.25) is 0 Å². The lowest BCUT2D eigenvalue weighted by atomic mass is 9.66. The van der Waals surface area contributed by atoms with Crippen LogP contribution in [0.15, 0.2) is 30.3 Å². The van der Waals surface area contributed by atoms with Crippen LogP contribution in [0.5, 0.6) is 0 Å². The summed E-state index contributed by atoms with van der Waals surface area (Å²) >= 11 is 0. The van der Waals surface area contributed by atoms with Crippen molar-refractivity contribution < 1.29 is 0 Å². The topological polar surface area (TPSA) is 15.3 Å². The minimum Gasteiger partial charge on any atom is -0.307 e. The van der Waals surface area contributed by atoms with Crippen molar-refractivity contribution in [2.45, 2.75) is 51.6 Å². The van der Waals surface area contributed by atoms with Crippen LogP contribution < -0.4 is 5.32 Å². The third-order valence-electron chi connectivity index (χ3n) is 5.60. The van der Waals surface area contributed by atoms with E-state index in [0.29, 0.717) is 17.5 Å². The lowest BCUT2D eigenvalue weighted by molar-refractivity contribution is 0.0253. The first-order valence-corrected chi connectivity index (χ1v) is 8.25. The summed E-state index contributed by atoms with van der Waals surface area (Å²) < 4.78 is 0. The molecular formula is C18H28N2. The zero-order valence-corrected chi connectivity index (χ0v) is 12.9. The van der Waals surface area contributed by atoms with E-state index in [1.54, 1.807) is 0 Å². The van der Waals surface area contributed by atoms with E-state index in [0.717, 1.165) is 13.1 Å². The van der Waals surface area contributed by atoms with Crippen molar-refractivity contribution in [1.82, 2.24) is 10.2 Å². The molecule has 0 radical (unpaired) electrons. The van der Waals surface area contributed by atoms with Gasteiger partial charge in [-0.1, -0.05) is 43.7 Å². The van der Waals surface area contributed by atoms with Crippen LogP contribution in [-0.4, -0.2) is 30.6 Å². The second kappa shape index (κ2) is 5.87. The predicted molar refractivity (Wildman–Crippen MR) is 84.8 cm³/mol. The van der Waals surface area contributed by atoms with Gasteiger partial charge in [-0.15, -0.1) is 0 Å². The van der Waals surface area contributed by atoms with Crippen molar-refractivity contribution in [2.75, 3.05) is 19.6 Å². The summed E-state index contributed by atoms with van der Waals surface area (Å²) in [7, 11) is 0. The summed E-state index contributed by atoms with van der Waals surface area (Å²) in [5, 5.41) is 3.71. The number of piperazine rings is 1. The van der Waals surface area contributed by atoms with E-state index < -0.39 is 0 Å². The summed E-state index contributed by atoms with van der Waals surface area (Å²) in [6.45, 7) is 8.32. The molecule has 110 valence electrons. The monoisotopic (exact) mass is 272 g/mol. The van der Waals surface area contributed by atoms with E-state index in [4.69, 9.17) is 0 Å². The van der Waals surface area contributed by atoms with Crippen LogP contribution in [-0.2, 0) is 0 Å². The molecule has 3 rings (SSSR count). The Hall–Kier alpha value is -0.860. The molecule has 1 aromatic rings. The highest BCUT2D eigenvalue weighted by atomic mass is 15.2. The molecule has 1 heterocycles. The van der Waals surface area contributed by atoms with E-state index in [2.05, 4.69) is 54.4 Å². The first kappa shape index (κ1) is 14.1. The molecule has 2 aliphatic rings. The second-order valence-corrected chi connectivity index (χ2v) is 6.86. The summed E-state index contributed by atoms with van der Waals surface area (Å²) in [6.07, 6.45) is 5.67. The summed E-state index contributed by atoms with van der Waals surface area (Å²) in [5.41, 5.74) is 2.07. The van der Waals surface area contributed by atoms with Crippen molar-refractivity contribution >= 4 is 0 Å². The third-order valence-corrected chi connectivity index (χ3v) is 5.60. The predicted octanol–water partition coefficient (Wildman–Crippen LogP) is 3.60. The van der Waals surface area contributed by atoms with Crippen LogP contribution in [0.25, 0.3) is 0 Å². The number of hydrogen-bond acceptors (Lipinski definition) is 2. The quantitative estimate of drug-likeness (QED) is 0.901. The van der Waals surface area contributed by atoms with Crippen molar-refractivity contribution in [3.8, 4) is 0 Å². The van der Waals surface area contributed by atoms with Crippen molar-refractivity contribution in [3.63, 3.8) is 0 Å². The lowest BCUT2D eigenvalue weighted by Gasteiger charge is -2.49. The van der Waals surface area contributed by atoms with Gasteiger partial charge < -0.3 is 5.32 Å². The first-order valence-electron chi connectivity index (χ1n) is 8.25. The van der Waals surface area contributed by atoms with E-state index in [1.807, 2.05) is 0 Å². The molecule has 1 aliphatic carbocycles. The normalized spacial score (nSPS) is 29.9. The Morgan fingerprint density at radius 2 is 2.00 bits per heavy atom. The summed E-state index contributed by atoms with van der Waals surface area (Å²) in [5.74, 6) is 0. The first-order chi connectivity index (χ1) is 9.72. The Morgan fingerprint density at radius 1 is 1.25 bits per heavy atom. The maximum atomic E-state index is 3.71. The van der Waals surface area contributed by atoms with Gasteiger partial charge in [-0.2, -0.15) is 0 Å². The standard InChI is InChI=1S/C18H28N2/c1-3-18(10-7-11-18)14-20-13-17(19-12-15(20)2)16-8-5-4-6-9-16/h4-6,8-9,15,17,19H,3,7,10-14H2,1-2H3. The fraction of sp³-hybridized carbons (Fsp3) is 0.667. The van der Waals surface area contributed by atoms with E-state index in [9.17, 15) is 0 Å². The van der Waals surface area contributed by atoms with Crippen molar-refractivity contribution in [2.24, 2.45) is 5.41 Å². The Labute approximate surface area is 123 Å². The van der Waals surface area contributed by atoms with E-state index in [1.165, 1.54) is 37.8 Å². The van der Waals surface area contributed by atoms with Crippen LogP contribution in [0, 0.1) is 5.41 Å².